The van der Waals surface area contributed by atoms with Gasteiger partial charge in [-0.3, -0.25) is 29.6 Å². The predicted octanol–water partition coefficient (Wildman–Crippen LogP) is 0.557. The second-order valence-electron chi connectivity index (χ2n) is 7.10. The van der Waals surface area contributed by atoms with Crippen LogP contribution < -0.4 is 11.2 Å². The van der Waals surface area contributed by atoms with Crippen molar-refractivity contribution in [2.45, 2.75) is 26.3 Å². The van der Waals surface area contributed by atoms with Gasteiger partial charge in [0.15, 0.2) is 0 Å². The van der Waals surface area contributed by atoms with Crippen LogP contribution in [0.4, 0.5) is 5.69 Å². The number of nitro benzene ring substituents is 1. The zero-order chi connectivity index (χ0) is 21.0. The fourth-order valence-electron chi connectivity index (χ4n) is 3.50. The van der Waals surface area contributed by atoms with Crippen LogP contribution in [0.3, 0.4) is 0 Å². The van der Waals surface area contributed by atoms with Crippen LogP contribution in [0.2, 0.25) is 0 Å². The molecule has 0 spiro atoms. The number of nitro groups is 1. The molecule has 10 nitrogen and oxygen atoms in total. The summed E-state index contributed by atoms with van der Waals surface area (Å²) in [5, 5.41) is 10.9. The molecule has 0 aliphatic carbocycles. The van der Waals surface area contributed by atoms with Gasteiger partial charge in [0, 0.05) is 62.5 Å². The molecule has 0 unspecified atom stereocenters. The van der Waals surface area contributed by atoms with Crippen molar-refractivity contribution in [2.75, 3.05) is 26.2 Å². The molecule has 1 aromatic carbocycles. The fraction of sp³-hybridized carbons (Fsp3) is 0.421. The van der Waals surface area contributed by atoms with Gasteiger partial charge in [-0.15, -0.1) is 0 Å². The molecule has 2 aromatic rings. The molecule has 29 heavy (non-hydrogen) atoms. The quantitative estimate of drug-likeness (QED) is 0.537. The molecule has 3 rings (SSSR count). The minimum absolute atomic E-state index is 0.0370. The van der Waals surface area contributed by atoms with Gasteiger partial charge >= 0.3 is 5.69 Å². The number of hydrogen-bond acceptors (Lipinski definition) is 6. The summed E-state index contributed by atoms with van der Waals surface area (Å²) in [6.45, 7) is 4.71. The first kappa shape index (κ1) is 20.5. The van der Waals surface area contributed by atoms with Crippen molar-refractivity contribution in [3.63, 3.8) is 0 Å². The van der Waals surface area contributed by atoms with Crippen LogP contribution in [-0.4, -0.2) is 56.8 Å². The Bertz CT molecular complexity index is 1020. The van der Waals surface area contributed by atoms with E-state index in [4.69, 9.17) is 0 Å². The number of carbonyl (C=O) groups is 1. The Morgan fingerprint density at radius 1 is 1.17 bits per heavy atom. The Balaban J connectivity index is 1.51. The molecule has 1 saturated heterocycles. The summed E-state index contributed by atoms with van der Waals surface area (Å²) in [4.78, 5) is 54.7. The van der Waals surface area contributed by atoms with Crippen LogP contribution in [0.5, 0.6) is 0 Å². The molecule has 2 N–H and O–H groups in total. The van der Waals surface area contributed by atoms with Crippen molar-refractivity contribution in [2.24, 2.45) is 0 Å². The van der Waals surface area contributed by atoms with Crippen LogP contribution in [0, 0.1) is 17.0 Å². The highest BCUT2D eigenvalue weighted by molar-refractivity contribution is 5.76. The van der Waals surface area contributed by atoms with E-state index in [9.17, 15) is 24.5 Å². The third-order valence-corrected chi connectivity index (χ3v) is 5.10. The number of non-ortho nitro benzene ring substituents is 1. The SMILES string of the molecule is Cc1[nH]c(=O)[nH]c(=O)c1CCC(=O)N1CCN(Cc2cccc([N+](=O)[O-])c2)CC1. The van der Waals surface area contributed by atoms with Crippen molar-refractivity contribution in [3.8, 4) is 0 Å². The minimum Gasteiger partial charge on any atom is -0.340 e. The molecular formula is C19H23N5O5. The molecule has 154 valence electrons. The molecule has 1 aromatic heterocycles. The molecule has 10 heteroatoms. The van der Waals surface area contributed by atoms with E-state index in [0.29, 0.717) is 44.0 Å². The van der Waals surface area contributed by atoms with Gasteiger partial charge in [0.25, 0.3) is 11.2 Å². The summed E-state index contributed by atoms with van der Waals surface area (Å²) in [6.07, 6.45) is 0.464. The van der Waals surface area contributed by atoms with Crippen molar-refractivity contribution < 1.29 is 9.72 Å². The molecule has 1 fully saturated rings. The second-order valence-corrected chi connectivity index (χ2v) is 7.10. The van der Waals surface area contributed by atoms with E-state index in [2.05, 4.69) is 14.9 Å². The number of hydrogen-bond donors (Lipinski definition) is 2. The lowest BCUT2D eigenvalue weighted by Crippen LogP contribution is -2.48. The molecule has 0 saturated carbocycles. The predicted molar refractivity (Wildman–Crippen MR) is 106 cm³/mol. The Hall–Kier alpha value is -3.27. The lowest BCUT2D eigenvalue weighted by molar-refractivity contribution is -0.384. The average molecular weight is 401 g/mol. The summed E-state index contributed by atoms with van der Waals surface area (Å²) < 4.78 is 0. The van der Waals surface area contributed by atoms with Gasteiger partial charge in [-0.2, -0.15) is 0 Å². The van der Waals surface area contributed by atoms with Gasteiger partial charge in [0.2, 0.25) is 5.91 Å². The van der Waals surface area contributed by atoms with Crippen LogP contribution in [0.15, 0.2) is 33.9 Å². The highest BCUT2D eigenvalue weighted by atomic mass is 16.6. The Kier molecular flexibility index (Phi) is 6.23. The third kappa shape index (κ3) is 5.17. The van der Waals surface area contributed by atoms with E-state index in [1.54, 1.807) is 24.0 Å². The number of carbonyl (C=O) groups excluding carboxylic acids is 1. The molecule has 2 heterocycles. The van der Waals surface area contributed by atoms with Crippen LogP contribution in [0.1, 0.15) is 23.2 Å². The Morgan fingerprint density at radius 2 is 1.90 bits per heavy atom. The number of H-pyrrole nitrogens is 2. The molecule has 1 aliphatic heterocycles. The molecule has 1 amide bonds. The van der Waals surface area contributed by atoms with Gasteiger partial charge in [-0.05, 0) is 18.9 Å². The molecule has 0 radical (unpaired) electrons. The van der Waals surface area contributed by atoms with Crippen molar-refractivity contribution >= 4 is 11.6 Å². The number of aryl methyl sites for hydroxylation is 1. The van der Waals surface area contributed by atoms with Gasteiger partial charge in [-0.25, -0.2) is 4.79 Å². The van der Waals surface area contributed by atoms with Gasteiger partial charge in [0.05, 0.1) is 4.92 Å². The van der Waals surface area contributed by atoms with Crippen molar-refractivity contribution in [1.82, 2.24) is 19.8 Å². The summed E-state index contributed by atoms with van der Waals surface area (Å²) in [5.74, 6) is -0.0370. The van der Waals surface area contributed by atoms with E-state index in [1.807, 2.05) is 6.07 Å². The molecular weight excluding hydrogens is 378 g/mol. The number of aromatic nitrogens is 2. The largest absolute Gasteiger partial charge is 0.340 e. The zero-order valence-electron chi connectivity index (χ0n) is 16.1. The van der Waals surface area contributed by atoms with Crippen molar-refractivity contribution in [3.05, 3.63) is 72.0 Å². The Labute approximate surface area is 166 Å². The number of nitrogens with one attached hydrogen (secondary N) is 2. The maximum absolute atomic E-state index is 12.5. The monoisotopic (exact) mass is 401 g/mol. The standard InChI is InChI=1S/C19H23N5O5/c1-13-16(18(26)21-19(27)20-13)5-6-17(25)23-9-7-22(8-10-23)12-14-3-2-4-15(11-14)24(28)29/h2-4,11H,5-10,12H2,1H3,(H2,20,21,26,27). The molecule has 0 atom stereocenters. The zero-order valence-corrected chi connectivity index (χ0v) is 16.1. The Morgan fingerprint density at radius 3 is 2.55 bits per heavy atom. The topological polar surface area (TPSA) is 132 Å². The van der Waals surface area contributed by atoms with E-state index >= 15 is 0 Å². The summed E-state index contributed by atoms with van der Waals surface area (Å²) >= 11 is 0. The normalized spacial score (nSPS) is 14.7. The van der Waals surface area contributed by atoms with Gasteiger partial charge in [-0.1, -0.05) is 12.1 Å². The molecule has 0 bridgehead atoms. The van der Waals surface area contributed by atoms with Crippen LogP contribution in [0.25, 0.3) is 0 Å². The molecule has 1 aliphatic rings. The van der Waals surface area contributed by atoms with E-state index in [0.717, 1.165) is 5.56 Å². The van der Waals surface area contributed by atoms with E-state index < -0.39 is 16.2 Å². The highest BCUT2D eigenvalue weighted by Crippen LogP contribution is 2.16. The highest BCUT2D eigenvalue weighted by Gasteiger charge is 2.22. The lowest BCUT2D eigenvalue weighted by atomic mass is 10.1. The number of nitrogens with zero attached hydrogens (tertiary/aromatic N) is 3. The van der Waals surface area contributed by atoms with Crippen LogP contribution in [-0.2, 0) is 17.8 Å². The second kappa shape index (κ2) is 8.82. The first-order valence-electron chi connectivity index (χ1n) is 9.39. The van der Waals surface area contributed by atoms with Crippen LogP contribution >= 0.6 is 0 Å². The first-order valence-corrected chi connectivity index (χ1v) is 9.39. The lowest BCUT2D eigenvalue weighted by Gasteiger charge is -2.34. The van der Waals surface area contributed by atoms with Gasteiger partial charge < -0.3 is 9.88 Å². The van der Waals surface area contributed by atoms with E-state index in [-0.39, 0.29) is 24.4 Å². The number of aromatic amines is 2. The van der Waals surface area contributed by atoms with Gasteiger partial charge in [0.1, 0.15) is 0 Å². The first-order chi connectivity index (χ1) is 13.8. The summed E-state index contributed by atoms with van der Waals surface area (Å²) in [5.41, 5.74) is 0.828. The fourth-order valence-corrected chi connectivity index (χ4v) is 3.50. The number of amides is 1. The average Bonchev–Trinajstić information content (AvgIpc) is 2.67. The van der Waals surface area contributed by atoms with Crippen molar-refractivity contribution in [1.29, 1.82) is 0 Å². The van der Waals surface area contributed by atoms with E-state index in [1.165, 1.54) is 6.07 Å². The summed E-state index contributed by atoms with van der Waals surface area (Å²) in [7, 11) is 0. The third-order valence-electron chi connectivity index (χ3n) is 5.10. The maximum atomic E-state index is 12.5. The number of rotatable bonds is 6. The smallest absolute Gasteiger partial charge is 0.325 e. The maximum Gasteiger partial charge on any atom is 0.325 e. The number of piperazine rings is 1. The summed E-state index contributed by atoms with van der Waals surface area (Å²) in [6, 6.07) is 6.57. The minimum atomic E-state index is -0.553. The number of benzene rings is 1.